The normalized spacial score (nSPS) is 21.5. The third kappa shape index (κ3) is 6.60. The Balaban J connectivity index is 1.43. The Kier molecular flexibility index (Phi) is 9.76. The molecular weight excluding hydrogens is 586 g/mol. The largest absolute Gasteiger partial charge is 0.423 e. The van der Waals surface area contributed by atoms with Crippen LogP contribution in [0.1, 0.15) is 58.9 Å². The van der Waals surface area contributed by atoms with Gasteiger partial charge in [0, 0.05) is 42.6 Å². The van der Waals surface area contributed by atoms with Gasteiger partial charge < -0.3 is 25.3 Å². The first-order valence-electron chi connectivity index (χ1n) is 14.9. The highest BCUT2D eigenvalue weighted by Crippen LogP contribution is 2.27. The van der Waals surface area contributed by atoms with Gasteiger partial charge in [-0.2, -0.15) is 5.06 Å². The fourth-order valence-corrected chi connectivity index (χ4v) is 5.79. The number of fused-ring (bicyclic) bond motifs is 1. The van der Waals surface area contributed by atoms with Gasteiger partial charge in [0.2, 0.25) is 29.2 Å². The molecule has 3 N–H and O–H groups in total. The van der Waals surface area contributed by atoms with E-state index in [4.69, 9.17) is 9.25 Å². The van der Waals surface area contributed by atoms with Crippen LogP contribution in [0.2, 0.25) is 0 Å². The minimum absolute atomic E-state index is 0.0932. The van der Waals surface area contributed by atoms with Crippen molar-refractivity contribution < 1.29 is 38.0 Å². The SMILES string of the molecule is CON1C(=O)CCC(=O)[C@]1(C)C(=O)N[C@@H](C)C(=O)N1CCC[C@H]1C(=O)N[C@H](C(=O)Nc1ccc2c(C)cc(=O)oc2c1)C(C)C. The smallest absolute Gasteiger partial charge is 0.336 e. The van der Waals surface area contributed by atoms with Crippen molar-refractivity contribution in [2.24, 2.45) is 5.92 Å². The average molecular weight is 626 g/mol. The van der Waals surface area contributed by atoms with Crippen molar-refractivity contribution in [2.75, 3.05) is 19.0 Å². The van der Waals surface area contributed by atoms with Gasteiger partial charge in [0.15, 0.2) is 5.78 Å². The number of aryl methyl sites for hydroxylation is 1. The minimum atomic E-state index is -1.95. The van der Waals surface area contributed by atoms with E-state index >= 15 is 0 Å². The van der Waals surface area contributed by atoms with Gasteiger partial charge in [-0.25, -0.2) is 4.79 Å². The monoisotopic (exact) mass is 625 g/mol. The van der Waals surface area contributed by atoms with E-state index in [2.05, 4.69) is 16.0 Å². The number of nitrogens with zero attached hydrogens (tertiary/aromatic N) is 2. The number of likely N-dealkylation sites (tertiary alicyclic amines) is 1. The number of hydrogen-bond acceptors (Lipinski definition) is 9. The van der Waals surface area contributed by atoms with Gasteiger partial charge in [-0.15, -0.1) is 0 Å². The number of carbonyl (C=O) groups excluding carboxylic acids is 6. The Morgan fingerprint density at radius 3 is 2.42 bits per heavy atom. The number of anilines is 1. The lowest BCUT2D eigenvalue weighted by Crippen LogP contribution is -2.67. The Bertz CT molecular complexity index is 1600. The van der Waals surface area contributed by atoms with Crippen molar-refractivity contribution in [1.82, 2.24) is 20.6 Å². The van der Waals surface area contributed by atoms with Gasteiger partial charge in [0.05, 0.1) is 7.11 Å². The molecule has 0 aliphatic carbocycles. The van der Waals surface area contributed by atoms with Crippen molar-refractivity contribution in [1.29, 1.82) is 0 Å². The molecule has 4 atom stereocenters. The molecule has 2 fully saturated rings. The predicted octanol–water partition coefficient (Wildman–Crippen LogP) is 1.19. The van der Waals surface area contributed by atoms with Gasteiger partial charge in [-0.05, 0) is 57.2 Å². The van der Waals surface area contributed by atoms with E-state index < -0.39 is 64.6 Å². The van der Waals surface area contributed by atoms with Crippen LogP contribution in [0.3, 0.4) is 0 Å². The highest BCUT2D eigenvalue weighted by atomic mass is 16.7. The summed E-state index contributed by atoms with van der Waals surface area (Å²) in [5.74, 6) is -3.83. The molecule has 14 nitrogen and oxygen atoms in total. The van der Waals surface area contributed by atoms with Crippen LogP contribution in [0, 0.1) is 12.8 Å². The molecule has 0 unspecified atom stereocenters. The zero-order chi connectivity index (χ0) is 33.2. The molecule has 14 heteroatoms. The number of hydroxylamine groups is 2. The fraction of sp³-hybridized carbons (Fsp3) is 0.516. The maximum atomic E-state index is 13.5. The summed E-state index contributed by atoms with van der Waals surface area (Å²) in [4.78, 5) is 96.6. The molecule has 0 saturated carbocycles. The molecule has 45 heavy (non-hydrogen) atoms. The minimum Gasteiger partial charge on any atom is -0.423 e. The van der Waals surface area contributed by atoms with E-state index in [1.165, 1.54) is 38.0 Å². The molecule has 2 aliphatic rings. The van der Waals surface area contributed by atoms with Gasteiger partial charge in [-0.1, -0.05) is 13.8 Å². The molecular formula is C31H39N5O9. The molecule has 5 amide bonds. The third-order valence-corrected chi connectivity index (χ3v) is 8.39. The third-order valence-electron chi connectivity index (χ3n) is 8.39. The van der Waals surface area contributed by atoms with E-state index in [0.717, 1.165) is 16.0 Å². The molecule has 0 spiro atoms. The highest BCUT2D eigenvalue weighted by Gasteiger charge is 2.53. The van der Waals surface area contributed by atoms with Crippen LogP contribution >= 0.6 is 0 Å². The Hall–Kier alpha value is -4.59. The summed E-state index contributed by atoms with van der Waals surface area (Å²) >= 11 is 0. The molecule has 0 bridgehead atoms. The van der Waals surface area contributed by atoms with Gasteiger partial charge >= 0.3 is 5.63 Å². The number of ketones is 1. The molecule has 3 heterocycles. The summed E-state index contributed by atoms with van der Waals surface area (Å²) in [5.41, 5.74) is -1.04. The van der Waals surface area contributed by atoms with Crippen LogP contribution in [0.4, 0.5) is 5.69 Å². The van der Waals surface area contributed by atoms with E-state index in [1.54, 1.807) is 32.9 Å². The zero-order valence-electron chi connectivity index (χ0n) is 26.2. The first-order chi connectivity index (χ1) is 21.2. The van der Waals surface area contributed by atoms with Gasteiger partial charge in [-0.3, -0.25) is 33.6 Å². The van der Waals surface area contributed by atoms with Crippen molar-refractivity contribution in [3.05, 3.63) is 40.2 Å². The van der Waals surface area contributed by atoms with Gasteiger partial charge in [0.1, 0.15) is 23.7 Å². The first kappa shape index (κ1) is 33.3. The molecule has 0 radical (unpaired) electrons. The lowest BCUT2D eigenvalue weighted by atomic mass is 9.87. The van der Waals surface area contributed by atoms with Crippen LogP contribution < -0.4 is 21.6 Å². The fourth-order valence-electron chi connectivity index (χ4n) is 5.79. The summed E-state index contributed by atoms with van der Waals surface area (Å²) < 4.78 is 5.26. The van der Waals surface area contributed by atoms with E-state index in [9.17, 15) is 33.6 Å². The van der Waals surface area contributed by atoms with Crippen molar-refractivity contribution in [3.63, 3.8) is 0 Å². The number of carbonyl (C=O) groups is 6. The van der Waals surface area contributed by atoms with Crippen LogP contribution in [-0.4, -0.2) is 82.6 Å². The number of amides is 5. The van der Waals surface area contributed by atoms with Crippen LogP contribution in [0.25, 0.3) is 11.0 Å². The maximum absolute atomic E-state index is 13.5. The number of piperidine rings is 1. The number of nitrogens with one attached hydrogen (secondary N) is 3. The molecule has 4 rings (SSSR count). The Morgan fingerprint density at radius 2 is 1.76 bits per heavy atom. The summed E-state index contributed by atoms with van der Waals surface area (Å²) in [6.07, 6.45) is 0.633. The standard InChI is InChI=1S/C31H39N5O9/c1-16(2)26(28(41)33-19-9-10-20-17(3)14-25(39)45-22(20)15-19)34-27(40)21-8-7-13-35(21)29(42)18(4)32-30(43)31(5)23(37)11-12-24(38)36(31)44-6/h9-10,14-16,18,21,26H,7-8,11-13H2,1-6H3,(H,32,43)(H,33,41)(H,34,40)/t18-,21-,26-,31+/m0/s1. The van der Waals surface area contributed by atoms with Crippen molar-refractivity contribution >= 4 is 52.0 Å². The number of rotatable bonds is 9. The molecule has 1 aromatic carbocycles. The molecule has 2 saturated heterocycles. The van der Waals surface area contributed by atoms with Crippen LogP contribution in [0.5, 0.6) is 0 Å². The van der Waals surface area contributed by atoms with Crippen molar-refractivity contribution in [3.8, 4) is 0 Å². The Labute approximate surface area is 259 Å². The topological polar surface area (TPSA) is 184 Å². The quantitative estimate of drug-likeness (QED) is 0.272. The summed E-state index contributed by atoms with van der Waals surface area (Å²) in [7, 11) is 1.18. The van der Waals surface area contributed by atoms with E-state index in [1.807, 2.05) is 0 Å². The Morgan fingerprint density at radius 1 is 1.04 bits per heavy atom. The highest BCUT2D eigenvalue weighted by molar-refractivity contribution is 6.15. The van der Waals surface area contributed by atoms with E-state index in [0.29, 0.717) is 24.1 Å². The summed E-state index contributed by atoms with van der Waals surface area (Å²) in [6, 6.07) is 3.33. The molecule has 242 valence electrons. The summed E-state index contributed by atoms with van der Waals surface area (Å²) in [6.45, 7) is 8.26. The predicted molar refractivity (Wildman–Crippen MR) is 161 cm³/mol. The second-order valence-electron chi connectivity index (χ2n) is 11.9. The molecule has 2 aromatic rings. The lowest BCUT2D eigenvalue weighted by Gasteiger charge is -2.40. The number of Topliss-reactive ketones (excluding diaryl/α,β-unsaturated/α-hetero) is 1. The average Bonchev–Trinajstić information content (AvgIpc) is 3.47. The lowest BCUT2D eigenvalue weighted by molar-refractivity contribution is -0.213. The van der Waals surface area contributed by atoms with E-state index in [-0.39, 0.29) is 25.3 Å². The second-order valence-corrected chi connectivity index (χ2v) is 11.9. The number of benzene rings is 1. The first-order valence-corrected chi connectivity index (χ1v) is 14.9. The second kappa shape index (κ2) is 13.2. The van der Waals surface area contributed by atoms with Gasteiger partial charge in [0.25, 0.3) is 5.91 Å². The van der Waals surface area contributed by atoms with Crippen LogP contribution in [0.15, 0.2) is 33.5 Å². The van der Waals surface area contributed by atoms with Crippen molar-refractivity contribution in [2.45, 2.75) is 84.0 Å². The van der Waals surface area contributed by atoms with Crippen LogP contribution in [-0.2, 0) is 33.6 Å². The molecule has 1 aromatic heterocycles. The number of hydrogen-bond donors (Lipinski definition) is 3. The zero-order valence-corrected chi connectivity index (χ0v) is 26.2. The maximum Gasteiger partial charge on any atom is 0.336 e. The summed E-state index contributed by atoms with van der Waals surface area (Å²) in [5, 5.41) is 9.50. The molecule has 2 aliphatic heterocycles.